The van der Waals surface area contributed by atoms with Crippen LogP contribution in [-0.4, -0.2) is 0 Å². The molecule has 0 aromatic heterocycles. The Morgan fingerprint density at radius 2 is 0.800 bits per heavy atom. The van der Waals surface area contributed by atoms with Gasteiger partial charge in [-0.25, -0.2) is 0 Å². The lowest BCUT2D eigenvalue weighted by Crippen LogP contribution is -2.22. The van der Waals surface area contributed by atoms with Crippen LogP contribution in [-0.2, 0) is 0 Å². The Morgan fingerprint density at radius 1 is 0.400 bits per heavy atom. The summed E-state index contributed by atoms with van der Waals surface area (Å²) in [5.41, 5.74) is 12.3. The highest BCUT2D eigenvalue weighted by Gasteiger charge is 2.48. The fraction of sp³-hybridized carbons (Fsp3) is 0.143. The van der Waals surface area contributed by atoms with Gasteiger partial charge in [0.25, 0.3) is 0 Å². The average Bonchev–Trinajstić information content (AvgIpc) is 3.38. The smallest absolute Gasteiger partial charge is 0.0460 e. The number of fused-ring (bicyclic) bond motifs is 10. The van der Waals surface area contributed by atoms with Crippen molar-refractivity contribution in [3.8, 4) is 11.1 Å². The second-order valence-corrected chi connectivity index (χ2v) is 11.1. The Labute approximate surface area is 184 Å². The average molecular weight is 419 g/mol. The number of thioether (sulfide) groups is 2. The van der Waals surface area contributed by atoms with Crippen molar-refractivity contribution in [2.24, 2.45) is 0 Å². The molecule has 4 aliphatic rings. The molecule has 4 aromatic carbocycles. The molecule has 2 heterocycles. The zero-order valence-electron chi connectivity index (χ0n) is 16.2. The molecule has 4 aromatic rings. The van der Waals surface area contributed by atoms with Gasteiger partial charge in [-0.05, 0) is 56.6 Å². The first kappa shape index (κ1) is 16.3. The maximum Gasteiger partial charge on any atom is 0.0460 e. The molecule has 0 N–H and O–H groups in total. The minimum absolute atomic E-state index is 0.467. The molecule has 2 aliphatic heterocycles. The second kappa shape index (κ2) is 5.63. The molecular weight excluding hydrogens is 400 g/mol. The van der Waals surface area contributed by atoms with E-state index in [1.807, 2.05) is 0 Å². The summed E-state index contributed by atoms with van der Waals surface area (Å²) in [5.74, 6) is 0.934. The van der Waals surface area contributed by atoms with Crippen LogP contribution in [0.2, 0.25) is 0 Å². The van der Waals surface area contributed by atoms with Gasteiger partial charge in [-0.15, -0.1) is 23.5 Å². The van der Waals surface area contributed by atoms with E-state index in [9.17, 15) is 0 Å². The van der Waals surface area contributed by atoms with E-state index in [1.165, 1.54) is 20.9 Å². The molecule has 0 radical (unpaired) electrons. The third kappa shape index (κ3) is 1.84. The minimum atomic E-state index is 0.467. The molecule has 0 bridgehead atoms. The largest absolute Gasteiger partial charge is 0.117 e. The monoisotopic (exact) mass is 418 g/mol. The van der Waals surface area contributed by atoms with Crippen molar-refractivity contribution in [1.82, 2.24) is 0 Å². The Balaban J connectivity index is 1.48. The number of benzene rings is 4. The summed E-state index contributed by atoms with van der Waals surface area (Å²) in [7, 11) is 0. The molecule has 30 heavy (non-hydrogen) atoms. The first-order valence-electron chi connectivity index (χ1n) is 10.7. The Kier molecular flexibility index (Phi) is 3.06. The maximum atomic E-state index is 2.41. The van der Waals surface area contributed by atoms with E-state index >= 15 is 0 Å². The van der Waals surface area contributed by atoms with Gasteiger partial charge in [0.1, 0.15) is 0 Å². The molecule has 8 rings (SSSR count). The van der Waals surface area contributed by atoms with Crippen molar-refractivity contribution in [2.45, 2.75) is 32.1 Å². The van der Waals surface area contributed by atoms with Crippen LogP contribution in [0.1, 0.15) is 55.7 Å². The summed E-state index contributed by atoms with van der Waals surface area (Å²) in [5, 5.41) is 0.974. The van der Waals surface area contributed by atoms with E-state index in [-0.39, 0.29) is 0 Å². The van der Waals surface area contributed by atoms with Gasteiger partial charge >= 0.3 is 0 Å². The van der Waals surface area contributed by atoms with Gasteiger partial charge in [0.2, 0.25) is 0 Å². The minimum Gasteiger partial charge on any atom is -0.117 e. The van der Waals surface area contributed by atoms with Gasteiger partial charge in [0.15, 0.2) is 0 Å². The molecule has 0 nitrogen and oxygen atoms in total. The Hall–Kier alpha value is -2.42. The molecule has 0 saturated carbocycles. The van der Waals surface area contributed by atoms with E-state index in [1.54, 1.807) is 33.4 Å². The van der Waals surface area contributed by atoms with Gasteiger partial charge in [-0.1, -0.05) is 72.8 Å². The van der Waals surface area contributed by atoms with Gasteiger partial charge in [-0.2, -0.15) is 0 Å². The normalized spacial score (nSPS) is 25.7. The fourth-order valence-corrected chi connectivity index (χ4v) is 9.35. The molecular formula is C28H18S2. The molecule has 142 valence electrons. The van der Waals surface area contributed by atoms with Crippen LogP contribution in [0, 0.1) is 0 Å². The van der Waals surface area contributed by atoms with Gasteiger partial charge in [0.05, 0.1) is 0 Å². The predicted molar refractivity (Wildman–Crippen MR) is 126 cm³/mol. The third-order valence-corrected chi connectivity index (χ3v) is 10.2. The van der Waals surface area contributed by atoms with Crippen molar-refractivity contribution >= 4 is 23.5 Å². The SMILES string of the molecule is c1ccc2c(c1)SC1c3cccc4c3-c3c(cccc3C21)C1Sc2ccccc2C41. The zero-order chi connectivity index (χ0) is 19.4. The highest BCUT2D eigenvalue weighted by molar-refractivity contribution is 8.00. The zero-order valence-corrected chi connectivity index (χ0v) is 17.8. The van der Waals surface area contributed by atoms with Crippen LogP contribution < -0.4 is 0 Å². The van der Waals surface area contributed by atoms with E-state index in [0.717, 1.165) is 0 Å². The van der Waals surface area contributed by atoms with E-state index in [0.29, 0.717) is 22.3 Å². The van der Waals surface area contributed by atoms with Crippen molar-refractivity contribution in [2.75, 3.05) is 0 Å². The van der Waals surface area contributed by atoms with Crippen LogP contribution in [0.3, 0.4) is 0 Å². The Morgan fingerprint density at radius 3 is 1.30 bits per heavy atom. The molecule has 0 amide bonds. The predicted octanol–water partition coefficient (Wildman–Crippen LogP) is 7.94. The van der Waals surface area contributed by atoms with Crippen LogP contribution in [0.4, 0.5) is 0 Å². The van der Waals surface area contributed by atoms with Crippen LogP contribution >= 0.6 is 23.5 Å². The van der Waals surface area contributed by atoms with Crippen molar-refractivity contribution in [3.63, 3.8) is 0 Å². The van der Waals surface area contributed by atoms with E-state index in [2.05, 4.69) is 108 Å². The third-order valence-electron chi connectivity index (χ3n) is 7.41. The number of rotatable bonds is 0. The van der Waals surface area contributed by atoms with Crippen LogP contribution in [0.25, 0.3) is 11.1 Å². The summed E-state index contributed by atoms with van der Waals surface area (Å²) in [6.45, 7) is 0. The first-order chi connectivity index (χ1) is 14.9. The van der Waals surface area contributed by atoms with Gasteiger partial charge < -0.3 is 0 Å². The summed E-state index contributed by atoms with van der Waals surface area (Å²) < 4.78 is 0. The Bertz CT molecular complexity index is 1280. The highest BCUT2D eigenvalue weighted by atomic mass is 32.2. The van der Waals surface area contributed by atoms with Crippen LogP contribution in [0.5, 0.6) is 0 Å². The lowest BCUT2D eigenvalue weighted by molar-refractivity contribution is 0.738. The fourth-order valence-electron chi connectivity index (χ4n) is 6.32. The molecule has 0 spiro atoms. The summed E-state index contributed by atoms with van der Waals surface area (Å²) in [4.78, 5) is 2.92. The number of hydrogen-bond donors (Lipinski definition) is 0. The van der Waals surface area contributed by atoms with Crippen LogP contribution in [0.15, 0.2) is 94.7 Å². The quantitative estimate of drug-likeness (QED) is 0.284. The van der Waals surface area contributed by atoms with Gasteiger partial charge in [-0.3, -0.25) is 0 Å². The highest BCUT2D eigenvalue weighted by Crippen LogP contribution is 2.69. The molecule has 4 unspecified atom stereocenters. The first-order valence-corrected chi connectivity index (χ1v) is 12.4. The van der Waals surface area contributed by atoms with E-state index < -0.39 is 0 Å². The topological polar surface area (TPSA) is 0 Å². The van der Waals surface area contributed by atoms with Crippen molar-refractivity contribution < 1.29 is 0 Å². The lowest BCUT2D eigenvalue weighted by Gasteiger charge is -2.40. The van der Waals surface area contributed by atoms with E-state index in [4.69, 9.17) is 0 Å². The molecule has 0 fully saturated rings. The lowest BCUT2D eigenvalue weighted by atomic mass is 9.66. The van der Waals surface area contributed by atoms with Crippen molar-refractivity contribution in [3.05, 3.63) is 118 Å². The maximum absolute atomic E-state index is 2.41. The molecule has 2 heteroatoms. The number of hydrogen-bond acceptors (Lipinski definition) is 2. The standard InChI is InChI=1S/C28H18S2/c1-3-13-21-15(7-1)25-17-9-5-12-20-23(17)24-18(10-6-11-19(24)27(25)29-21)26-16-8-2-4-14-22(16)30-28(20)26/h1-14,25-28H. The van der Waals surface area contributed by atoms with Crippen molar-refractivity contribution in [1.29, 1.82) is 0 Å². The summed E-state index contributed by atoms with van der Waals surface area (Å²) >= 11 is 4.14. The molecule has 2 aliphatic carbocycles. The second-order valence-electron chi connectivity index (χ2n) is 8.73. The molecule has 4 atom stereocenters. The molecule has 0 saturated heterocycles. The summed E-state index contributed by atoms with van der Waals surface area (Å²) in [6.07, 6.45) is 0. The van der Waals surface area contributed by atoms with Gasteiger partial charge in [0, 0.05) is 32.1 Å². The summed E-state index contributed by atoms with van der Waals surface area (Å²) in [6, 6.07) is 32.4.